The zero-order chi connectivity index (χ0) is 15.4. The van der Waals surface area contributed by atoms with Gasteiger partial charge >= 0.3 is 0 Å². The van der Waals surface area contributed by atoms with Gasteiger partial charge in [0.05, 0.1) is 0 Å². The second-order valence-corrected chi connectivity index (χ2v) is 6.39. The minimum Gasteiger partial charge on any atom is -0.318 e. The number of thiophene rings is 1. The Labute approximate surface area is 139 Å². The Kier molecular flexibility index (Phi) is 4.65. The predicted molar refractivity (Wildman–Crippen MR) is 96.2 cm³/mol. The molecule has 0 aliphatic carbocycles. The highest BCUT2D eigenvalue weighted by atomic mass is 32.1. The maximum absolute atomic E-state index is 12.0. The van der Waals surface area contributed by atoms with Crippen molar-refractivity contribution in [3.63, 3.8) is 0 Å². The minimum absolute atomic E-state index is 0.193. The number of carbonyl (C=O) groups excluding carboxylic acids is 1. The van der Waals surface area contributed by atoms with E-state index in [4.69, 9.17) is 12.2 Å². The standard InChI is InChI=1S/C17H16N2OS2/c20-16(10-9-14-7-4-12-22-14)18-17(21)19-11-3-6-13-5-1-2-8-15(13)19/h1-2,4-5,7-10,12H,3,6,11H2,(H,18,20,21). The van der Waals surface area contributed by atoms with Gasteiger partial charge in [-0.1, -0.05) is 24.3 Å². The van der Waals surface area contributed by atoms with Crippen molar-refractivity contribution in [1.82, 2.24) is 5.32 Å². The normalized spacial score (nSPS) is 13.9. The molecule has 2 aromatic rings. The largest absolute Gasteiger partial charge is 0.318 e. The fourth-order valence-corrected chi connectivity index (χ4v) is 3.41. The van der Waals surface area contributed by atoms with Crippen molar-refractivity contribution in [3.05, 3.63) is 58.3 Å². The third kappa shape index (κ3) is 3.43. The van der Waals surface area contributed by atoms with Gasteiger partial charge in [0.15, 0.2) is 5.11 Å². The summed E-state index contributed by atoms with van der Waals surface area (Å²) >= 11 is 7.00. The quantitative estimate of drug-likeness (QED) is 0.675. The summed E-state index contributed by atoms with van der Waals surface area (Å²) in [5, 5.41) is 5.23. The van der Waals surface area contributed by atoms with Crippen molar-refractivity contribution < 1.29 is 4.79 Å². The number of fused-ring (bicyclic) bond motifs is 1. The molecular weight excluding hydrogens is 312 g/mol. The van der Waals surface area contributed by atoms with Gasteiger partial charge in [-0.25, -0.2) is 0 Å². The lowest BCUT2D eigenvalue weighted by atomic mass is 10.0. The van der Waals surface area contributed by atoms with E-state index in [0.29, 0.717) is 5.11 Å². The number of rotatable bonds is 2. The number of thiocarbonyl (C=S) groups is 1. The van der Waals surface area contributed by atoms with E-state index in [2.05, 4.69) is 17.4 Å². The molecule has 0 spiro atoms. The summed E-state index contributed by atoms with van der Waals surface area (Å²) in [4.78, 5) is 15.0. The molecule has 1 amide bonds. The van der Waals surface area contributed by atoms with Gasteiger partial charge < -0.3 is 4.90 Å². The molecule has 1 aliphatic heterocycles. The summed E-state index contributed by atoms with van der Waals surface area (Å²) in [7, 11) is 0. The zero-order valence-electron chi connectivity index (χ0n) is 12.0. The highest BCUT2D eigenvalue weighted by Crippen LogP contribution is 2.26. The second kappa shape index (κ2) is 6.85. The Morgan fingerprint density at radius 3 is 2.95 bits per heavy atom. The average molecular weight is 328 g/mol. The van der Waals surface area contributed by atoms with E-state index >= 15 is 0 Å². The lowest BCUT2D eigenvalue weighted by Crippen LogP contribution is -2.44. The molecule has 1 aliphatic rings. The highest BCUT2D eigenvalue weighted by Gasteiger charge is 2.20. The summed E-state index contributed by atoms with van der Waals surface area (Å²) in [6.45, 7) is 0.838. The van der Waals surface area contributed by atoms with E-state index in [1.165, 1.54) is 11.6 Å². The number of nitrogens with one attached hydrogen (secondary N) is 1. The Hall–Kier alpha value is -1.98. The Bertz CT molecular complexity index is 707. The SMILES string of the molecule is O=C(C=Cc1cccs1)NC(=S)N1CCCc2ccccc21. The molecule has 112 valence electrons. The van der Waals surface area contributed by atoms with Gasteiger partial charge in [-0.15, -0.1) is 11.3 Å². The minimum atomic E-state index is -0.193. The van der Waals surface area contributed by atoms with E-state index in [1.807, 2.05) is 34.5 Å². The van der Waals surface area contributed by atoms with E-state index < -0.39 is 0 Å². The fraction of sp³-hybridized carbons (Fsp3) is 0.176. The molecule has 0 atom stereocenters. The lowest BCUT2D eigenvalue weighted by molar-refractivity contribution is -0.115. The summed E-state index contributed by atoms with van der Waals surface area (Å²) in [5.41, 5.74) is 2.38. The number of aryl methyl sites for hydroxylation is 1. The van der Waals surface area contributed by atoms with Crippen LogP contribution in [0.3, 0.4) is 0 Å². The third-order valence-corrected chi connectivity index (χ3v) is 4.69. The third-order valence-electron chi connectivity index (χ3n) is 3.53. The van der Waals surface area contributed by atoms with Crippen molar-refractivity contribution >= 4 is 46.3 Å². The topological polar surface area (TPSA) is 32.3 Å². The van der Waals surface area contributed by atoms with Crippen LogP contribution in [0.5, 0.6) is 0 Å². The van der Waals surface area contributed by atoms with Crippen LogP contribution in [-0.4, -0.2) is 17.6 Å². The van der Waals surface area contributed by atoms with Crippen LogP contribution in [0.25, 0.3) is 6.08 Å². The zero-order valence-corrected chi connectivity index (χ0v) is 13.6. The molecule has 5 heteroatoms. The number of para-hydroxylation sites is 1. The van der Waals surface area contributed by atoms with Gasteiger partial charge in [-0.2, -0.15) is 0 Å². The molecule has 1 aromatic carbocycles. The molecule has 0 saturated carbocycles. The van der Waals surface area contributed by atoms with E-state index in [9.17, 15) is 4.79 Å². The highest BCUT2D eigenvalue weighted by molar-refractivity contribution is 7.80. The number of hydrogen-bond donors (Lipinski definition) is 1. The van der Waals surface area contributed by atoms with E-state index in [0.717, 1.165) is 30.0 Å². The first-order valence-corrected chi connectivity index (χ1v) is 8.45. The van der Waals surface area contributed by atoms with Crippen LogP contribution in [0.15, 0.2) is 47.9 Å². The smallest absolute Gasteiger partial charge is 0.250 e. The predicted octanol–water partition coefficient (Wildman–Crippen LogP) is 3.62. The summed E-state index contributed by atoms with van der Waals surface area (Å²) in [6, 6.07) is 12.1. The van der Waals surface area contributed by atoms with Crippen LogP contribution >= 0.6 is 23.6 Å². The number of anilines is 1. The van der Waals surface area contributed by atoms with Crippen LogP contribution in [-0.2, 0) is 11.2 Å². The number of benzene rings is 1. The molecule has 0 radical (unpaired) electrons. The summed E-state index contributed by atoms with van der Waals surface area (Å²) < 4.78 is 0. The Balaban J connectivity index is 1.66. The fourth-order valence-electron chi connectivity index (χ4n) is 2.50. The molecular formula is C17H16N2OS2. The summed E-state index contributed by atoms with van der Waals surface area (Å²) in [6.07, 6.45) is 5.42. The van der Waals surface area contributed by atoms with E-state index in [1.54, 1.807) is 17.4 Å². The van der Waals surface area contributed by atoms with Crippen LogP contribution in [0.1, 0.15) is 16.9 Å². The van der Waals surface area contributed by atoms with Gasteiger partial charge in [-0.05, 0) is 54.2 Å². The van der Waals surface area contributed by atoms with Crippen molar-refractivity contribution in [2.45, 2.75) is 12.8 Å². The van der Waals surface area contributed by atoms with Crippen molar-refractivity contribution in [2.75, 3.05) is 11.4 Å². The van der Waals surface area contributed by atoms with Crippen LogP contribution < -0.4 is 10.2 Å². The maximum Gasteiger partial charge on any atom is 0.250 e. The van der Waals surface area contributed by atoms with Gasteiger partial charge in [0.25, 0.3) is 0 Å². The Morgan fingerprint density at radius 2 is 2.14 bits per heavy atom. The van der Waals surface area contributed by atoms with Crippen molar-refractivity contribution in [1.29, 1.82) is 0 Å². The first-order valence-electron chi connectivity index (χ1n) is 7.16. The van der Waals surface area contributed by atoms with Gasteiger partial charge in [-0.3, -0.25) is 10.1 Å². The van der Waals surface area contributed by atoms with Crippen LogP contribution in [0, 0.1) is 0 Å². The monoisotopic (exact) mass is 328 g/mol. The molecule has 0 fully saturated rings. The maximum atomic E-state index is 12.0. The summed E-state index contributed by atoms with van der Waals surface area (Å²) in [5.74, 6) is -0.193. The van der Waals surface area contributed by atoms with E-state index in [-0.39, 0.29) is 5.91 Å². The number of carbonyl (C=O) groups is 1. The molecule has 0 bridgehead atoms. The molecule has 22 heavy (non-hydrogen) atoms. The molecule has 2 heterocycles. The van der Waals surface area contributed by atoms with Gasteiger partial charge in [0, 0.05) is 23.2 Å². The van der Waals surface area contributed by atoms with Crippen molar-refractivity contribution in [3.8, 4) is 0 Å². The van der Waals surface area contributed by atoms with Gasteiger partial charge in [0.2, 0.25) is 5.91 Å². The second-order valence-electron chi connectivity index (χ2n) is 5.03. The Morgan fingerprint density at radius 1 is 1.27 bits per heavy atom. The first kappa shape index (κ1) is 14.9. The van der Waals surface area contributed by atoms with Crippen molar-refractivity contribution in [2.24, 2.45) is 0 Å². The number of amides is 1. The molecule has 1 aromatic heterocycles. The van der Waals surface area contributed by atoms with Crippen LogP contribution in [0.4, 0.5) is 5.69 Å². The molecule has 3 nitrogen and oxygen atoms in total. The van der Waals surface area contributed by atoms with Gasteiger partial charge in [0.1, 0.15) is 0 Å². The molecule has 0 saturated heterocycles. The van der Waals surface area contributed by atoms with Crippen LogP contribution in [0.2, 0.25) is 0 Å². The molecule has 0 unspecified atom stereocenters. The number of hydrogen-bond acceptors (Lipinski definition) is 3. The molecule has 1 N–H and O–H groups in total. The average Bonchev–Trinajstić information content (AvgIpc) is 3.06. The number of nitrogens with zero attached hydrogens (tertiary/aromatic N) is 1. The lowest BCUT2D eigenvalue weighted by Gasteiger charge is -2.31. The molecule has 3 rings (SSSR count). The first-order chi connectivity index (χ1) is 10.7.